The molecule has 0 aliphatic heterocycles. The lowest BCUT2D eigenvalue weighted by atomic mass is 9.83. The highest BCUT2D eigenvalue weighted by Gasteiger charge is 2.33. The summed E-state index contributed by atoms with van der Waals surface area (Å²) in [5, 5.41) is 5.04. The van der Waals surface area contributed by atoms with Crippen molar-refractivity contribution in [3.8, 4) is 0 Å². The second kappa shape index (κ2) is 7.42. The lowest BCUT2D eigenvalue weighted by Crippen LogP contribution is -2.44. The first-order chi connectivity index (χ1) is 11.3. The Labute approximate surface area is 139 Å². The third kappa shape index (κ3) is 3.72. The number of alkyl carbamates (subject to hydrolysis) is 1. The largest absolute Gasteiger partial charge is 0.450 e. The number of benzene rings is 1. The lowest BCUT2D eigenvalue weighted by molar-refractivity contribution is -0.114. The number of fused-ring (bicyclic) bond motifs is 1. The van der Waals surface area contributed by atoms with Gasteiger partial charge in [0, 0.05) is 12.5 Å². The summed E-state index contributed by atoms with van der Waals surface area (Å²) in [6.07, 6.45) is 0.811. The van der Waals surface area contributed by atoms with Gasteiger partial charge in [0.15, 0.2) is 5.78 Å². The SMILES string of the molecule is CCCOC(=O)N[C@H]1CCc2c(C)c(F)cc(NC(C)=O)c2C1=O. The summed E-state index contributed by atoms with van der Waals surface area (Å²) >= 11 is 0. The number of carbonyl (C=O) groups excluding carboxylic acids is 3. The molecular formula is C17H21FN2O4. The van der Waals surface area contributed by atoms with Gasteiger partial charge in [0.2, 0.25) is 5.91 Å². The summed E-state index contributed by atoms with van der Waals surface area (Å²) in [5.41, 5.74) is 1.36. The molecule has 0 saturated heterocycles. The molecule has 0 fully saturated rings. The highest BCUT2D eigenvalue weighted by Crippen LogP contribution is 2.32. The first kappa shape index (κ1) is 17.9. The van der Waals surface area contributed by atoms with E-state index in [9.17, 15) is 18.8 Å². The zero-order valence-corrected chi connectivity index (χ0v) is 14.0. The zero-order chi connectivity index (χ0) is 17.9. The number of ether oxygens (including phenoxy) is 1. The van der Waals surface area contributed by atoms with Crippen LogP contribution in [0.1, 0.15) is 48.2 Å². The summed E-state index contributed by atoms with van der Waals surface area (Å²) in [4.78, 5) is 35.8. The fraction of sp³-hybridized carbons (Fsp3) is 0.471. The summed E-state index contributed by atoms with van der Waals surface area (Å²) in [5.74, 6) is -1.22. The molecular weight excluding hydrogens is 315 g/mol. The average Bonchev–Trinajstić information content (AvgIpc) is 2.51. The smallest absolute Gasteiger partial charge is 0.407 e. The van der Waals surface area contributed by atoms with Gasteiger partial charge >= 0.3 is 6.09 Å². The van der Waals surface area contributed by atoms with Crippen molar-refractivity contribution in [2.45, 2.75) is 46.1 Å². The van der Waals surface area contributed by atoms with Crippen LogP contribution in [0.3, 0.4) is 0 Å². The number of Topliss-reactive ketones (excluding diaryl/α,β-unsaturated/α-hetero) is 1. The normalized spacial score (nSPS) is 16.3. The topological polar surface area (TPSA) is 84.5 Å². The monoisotopic (exact) mass is 336 g/mol. The Balaban J connectivity index is 2.32. The molecule has 1 atom stereocenters. The number of nitrogens with one attached hydrogen (secondary N) is 2. The first-order valence-corrected chi connectivity index (χ1v) is 7.92. The van der Waals surface area contributed by atoms with Gasteiger partial charge < -0.3 is 15.4 Å². The standard InChI is InChI=1S/C17H21FN2O4/c1-4-7-24-17(23)20-13-6-5-11-9(2)12(18)8-14(19-10(3)21)15(11)16(13)22/h8,13H,4-7H2,1-3H3,(H,19,21)(H,20,23)/t13-/m0/s1. The molecule has 0 radical (unpaired) electrons. The molecule has 0 unspecified atom stereocenters. The number of hydrogen-bond donors (Lipinski definition) is 2. The molecule has 1 aliphatic rings. The third-order valence-electron chi connectivity index (χ3n) is 3.94. The minimum atomic E-state index is -0.751. The maximum atomic E-state index is 14.0. The van der Waals surface area contributed by atoms with E-state index in [0.29, 0.717) is 30.4 Å². The summed E-state index contributed by atoms with van der Waals surface area (Å²) in [7, 11) is 0. The van der Waals surface area contributed by atoms with Gasteiger partial charge in [-0.05, 0) is 43.4 Å². The van der Waals surface area contributed by atoms with Crippen molar-refractivity contribution in [3.05, 3.63) is 28.6 Å². The Hall–Kier alpha value is -2.44. The molecule has 24 heavy (non-hydrogen) atoms. The minimum Gasteiger partial charge on any atom is -0.450 e. The Morgan fingerprint density at radius 2 is 2.12 bits per heavy atom. The molecule has 2 rings (SSSR count). The van der Waals surface area contributed by atoms with Crippen LogP contribution in [-0.2, 0) is 16.0 Å². The molecule has 6 nitrogen and oxygen atoms in total. The van der Waals surface area contributed by atoms with E-state index in [-0.39, 0.29) is 23.6 Å². The van der Waals surface area contributed by atoms with Crippen molar-refractivity contribution in [2.75, 3.05) is 11.9 Å². The van der Waals surface area contributed by atoms with Crippen LogP contribution in [0, 0.1) is 12.7 Å². The molecule has 0 saturated carbocycles. The van der Waals surface area contributed by atoms with Crippen molar-refractivity contribution in [1.29, 1.82) is 0 Å². The number of amides is 2. The fourth-order valence-corrected chi connectivity index (χ4v) is 2.79. The maximum absolute atomic E-state index is 14.0. The molecule has 7 heteroatoms. The van der Waals surface area contributed by atoms with Crippen molar-refractivity contribution in [1.82, 2.24) is 5.32 Å². The second-order valence-electron chi connectivity index (χ2n) is 5.80. The highest BCUT2D eigenvalue weighted by molar-refractivity contribution is 6.10. The van der Waals surface area contributed by atoms with E-state index in [1.807, 2.05) is 6.92 Å². The summed E-state index contributed by atoms with van der Waals surface area (Å²) in [6.45, 7) is 5.02. The number of rotatable bonds is 4. The van der Waals surface area contributed by atoms with E-state index in [1.165, 1.54) is 6.92 Å². The first-order valence-electron chi connectivity index (χ1n) is 7.92. The van der Waals surface area contributed by atoms with Gasteiger partial charge in [-0.25, -0.2) is 9.18 Å². The van der Waals surface area contributed by atoms with E-state index in [0.717, 1.165) is 6.07 Å². The van der Waals surface area contributed by atoms with E-state index in [2.05, 4.69) is 10.6 Å². The molecule has 130 valence electrons. The molecule has 2 N–H and O–H groups in total. The number of halogens is 1. The maximum Gasteiger partial charge on any atom is 0.407 e. The van der Waals surface area contributed by atoms with Gasteiger partial charge in [-0.1, -0.05) is 6.92 Å². The van der Waals surface area contributed by atoms with Gasteiger partial charge in [0.1, 0.15) is 5.82 Å². The van der Waals surface area contributed by atoms with Crippen molar-refractivity contribution in [2.24, 2.45) is 0 Å². The van der Waals surface area contributed by atoms with E-state index < -0.39 is 23.9 Å². The van der Waals surface area contributed by atoms with Crippen LogP contribution < -0.4 is 10.6 Å². The molecule has 0 aromatic heterocycles. The molecule has 1 aliphatic carbocycles. The fourth-order valence-electron chi connectivity index (χ4n) is 2.79. The Morgan fingerprint density at radius 1 is 1.42 bits per heavy atom. The van der Waals surface area contributed by atoms with E-state index in [1.54, 1.807) is 6.92 Å². The minimum absolute atomic E-state index is 0.138. The average molecular weight is 336 g/mol. The Bertz CT molecular complexity index is 688. The lowest BCUT2D eigenvalue weighted by Gasteiger charge is -2.27. The van der Waals surface area contributed by atoms with Gasteiger partial charge in [-0.2, -0.15) is 0 Å². The van der Waals surface area contributed by atoms with Crippen LogP contribution in [0.4, 0.5) is 14.9 Å². The third-order valence-corrected chi connectivity index (χ3v) is 3.94. The van der Waals surface area contributed by atoms with Gasteiger partial charge in [0.25, 0.3) is 0 Å². The molecule has 1 aromatic rings. The van der Waals surface area contributed by atoms with E-state index in [4.69, 9.17) is 4.74 Å². The van der Waals surface area contributed by atoms with Crippen LogP contribution >= 0.6 is 0 Å². The quantitative estimate of drug-likeness (QED) is 0.885. The predicted octanol–water partition coefficient (Wildman–Crippen LogP) is 2.73. The predicted molar refractivity (Wildman–Crippen MR) is 86.7 cm³/mol. The molecule has 0 heterocycles. The Morgan fingerprint density at radius 3 is 2.75 bits per heavy atom. The second-order valence-corrected chi connectivity index (χ2v) is 5.80. The van der Waals surface area contributed by atoms with Crippen LogP contribution in [-0.4, -0.2) is 30.4 Å². The van der Waals surface area contributed by atoms with Gasteiger partial charge in [-0.15, -0.1) is 0 Å². The van der Waals surface area contributed by atoms with Crippen LogP contribution in [0.25, 0.3) is 0 Å². The van der Waals surface area contributed by atoms with Crippen molar-refractivity contribution < 1.29 is 23.5 Å². The van der Waals surface area contributed by atoms with E-state index >= 15 is 0 Å². The molecule has 2 amide bonds. The van der Waals surface area contributed by atoms with Gasteiger partial charge in [-0.3, -0.25) is 9.59 Å². The summed E-state index contributed by atoms with van der Waals surface area (Å²) in [6, 6.07) is 0.393. The molecule has 1 aromatic carbocycles. The van der Waals surface area contributed by atoms with Crippen LogP contribution in [0.2, 0.25) is 0 Å². The van der Waals surface area contributed by atoms with Crippen LogP contribution in [0.15, 0.2) is 6.07 Å². The molecule has 0 spiro atoms. The van der Waals surface area contributed by atoms with Crippen molar-refractivity contribution in [3.63, 3.8) is 0 Å². The number of ketones is 1. The number of carbonyl (C=O) groups is 3. The van der Waals surface area contributed by atoms with Crippen molar-refractivity contribution >= 4 is 23.5 Å². The summed E-state index contributed by atoms with van der Waals surface area (Å²) < 4.78 is 19.0. The number of hydrogen-bond acceptors (Lipinski definition) is 4. The van der Waals surface area contributed by atoms with Gasteiger partial charge in [0.05, 0.1) is 18.3 Å². The Kier molecular flexibility index (Phi) is 5.54. The highest BCUT2D eigenvalue weighted by atomic mass is 19.1. The molecule has 0 bridgehead atoms. The number of anilines is 1. The van der Waals surface area contributed by atoms with Crippen LogP contribution in [0.5, 0.6) is 0 Å². The zero-order valence-electron chi connectivity index (χ0n) is 14.0.